The minimum atomic E-state index is -0.606. The number of thiophene rings is 1. The number of hydrogen-bond donors (Lipinski definition) is 0. The molecular weight excluding hydrogens is 1270 g/mol. The van der Waals surface area contributed by atoms with Gasteiger partial charge >= 0.3 is 17.9 Å². The van der Waals surface area contributed by atoms with Crippen molar-refractivity contribution in [2.24, 2.45) is 5.92 Å². The van der Waals surface area contributed by atoms with Crippen molar-refractivity contribution in [2.45, 2.75) is 172 Å². The molecule has 478 valence electrons. The molecule has 0 saturated heterocycles. The molecule has 10 aromatic rings. The van der Waals surface area contributed by atoms with E-state index in [1.54, 1.807) is 0 Å². The highest BCUT2D eigenvalue weighted by molar-refractivity contribution is 8.04. The Kier molecular flexibility index (Phi) is 18.3. The molecule has 9 nitrogen and oxygen atoms in total. The number of hydrogen-bond acceptors (Lipinski definition) is 11. The van der Waals surface area contributed by atoms with Gasteiger partial charge in [0.15, 0.2) is 63.5 Å². The summed E-state index contributed by atoms with van der Waals surface area (Å²) in [6, 6.07) is 70.1. The molecule has 2 saturated carbocycles. The first-order valence-electron chi connectivity index (χ1n) is 32.7. The van der Waals surface area contributed by atoms with Crippen LogP contribution in [0.1, 0.15) is 106 Å². The van der Waals surface area contributed by atoms with Gasteiger partial charge in [-0.3, -0.25) is 0 Å². The van der Waals surface area contributed by atoms with Crippen molar-refractivity contribution >= 4 is 93.9 Å². The number of fused-ring (bicyclic) bond motifs is 7. The fourth-order valence-electron chi connectivity index (χ4n) is 13.7. The first kappa shape index (κ1) is 63.8. The second-order valence-electron chi connectivity index (χ2n) is 26.3. The fourth-order valence-corrected chi connectivity index (χ4v) is 23.6. The zero-order valence-corrected chi connectivity index (χ0v) is 58.0. The summed E-state index contributed by atoms with van der Waals surface area (Å²) in [6.07, 6.45) is 10.7. The summed E-state index contributed by atoms with van der Waals surface area (Å²) < 4.78 is 38.1. The average Bonchev–Trinajstić information content (AvgIpc) is 1.41. The van der Waals surface area contributed by atoms with E-state index in [1.807, 2.05) is 94.5 Å². The predicted molar refractivity (Wildman–Crippen MR) is 381 cm³/mol. The van der Waals surface area contributed by atoms with E-state index in [0.717, 1.165) is 72.1 Å². The van der Waals surface area contributed by atoms with Gasteiger partial charge in [-0.25, -0.2) is 14.4 Å². The van der Waals surface area contributed by atoms with Gasteiger partial charge in [0.1, 0.15) is 55.8 Å². The van der Waals surface area contributed by atoms with Crippen LogP contribution in [0.4, 0.5) is 0 Å². The van der Waals surface area contributed by atoms with Gasteiger partial charge in [-0.15, -0.1) is 0 Å². The van der Waals surface area contributed by atoms with E-state index < -0.39 is 28.1 Å². The van der Waals surface area contributed by atoms with Crippen molar-refractivity contribution < 1.29 is 42.8 Å². The highest BCUT2D eigenvalue weighted by atomic mass is 32.2. The van der Waals surface area contributed by atoms with Crippen molar-refractivity contribution in [1.29, 1.82) is 0 Å². The molecule has 9 aromatic carbocycles. The minimum Gasteiger partial charge on any atom is -0.482 e. The molecule has 3 atom stereocenters. The lowest BCUT2D eigenvalue weighted by Gasteiger charge is -2.36. The Bertz CT molecular complexity index is 4480. The summed E-state index contributed by atoms with van der Waals surface area (Å²) in [5.74, 6) is 1.21. The number of rotatable bonds is 18. The average molecular weight is 1340 g/mol. The molecule has 0 spiro atoms. The van der Waals surface area contributed by atoms with E-state index in [-0.39, 0.29) is 58.7 Å². The molecule has 4 aliphatic rings. The number of carbonyl (C=O) groups excluding carboxylic acids is 3. The van der Waals surface area contributed by atoms with Gasteiger partial charge in [-0.2, -0.15) is 0 Å². The van der Waals surface area contributed by atoms with Crippen molar-refractivity contribution in [3.05, 3.63) is 194 Å². The van der Waals surface area contributed by atoms with Gasteiger partial charge < -0.3 is 28.4 Å². The largest absolute Gasteiger partial charge is 0.482 e. The third-order valence-corrected chi connectivity index (χ3v) is 28.2. The first-order chi connectivity index (χ1) is 45.5. The zero-order valence-electron chi connectivity index (χ0n) is 54.0. The van der Waals surface area contributed by atoms with Gasteiger partial charge in [0.05, 0.1) is 19.6 Å². The highest BCUT2D eigenvalue weighted by Gasteiger charge is 2.42. The Morgan fingerprint density at radius 1 is 0.447 bits per heavy atom. The van der Waals surface area contributed by atoms with Crippen molar-refractivity contribution in [3.63, 3.8) is 0 Å². The van der Waals surface area contributed by atoms with Gasteiger partial charge in [-0.1, -0.05) is 74.0 Å². The molecule has 3 unspecified atom stereocenters. The normalized spacial score (nSPS) is 16.9. The Morgan fingerprint density at radius 3 is 1.44 bits per heavy atom. The van der Waals surface area contributed by atoms with Gasteiger partial charge in [-0.05, 0) is 265 Å². The molecule has 2 fully saturated rings. The Hall–Kier alpha value is -7.59. The van der Waals surface area contributed by atoms with Crippen LogP contribution in [0.3, 0.4) is 0 Å². The molecule has 2 aliphatic heterocycles. The maximum atomic E-state index is 13.1. The Balaban J connectivity index is 0.749. The van der Waals surface area contributed by atoms with E-state index in [1.165, 1.54) is 88.4 Å². The number of carbonyl (C=O) groups is 3. The summed E-state index contributed by atoms with van der Waals surface area (Å²) in [4.78, 5) is 52.2. The molecule has 0 amide bonds. The third-order valence-electron chi connectivity index (χ3n) is 18.4. The van der Waals surface area contributed by atoms with E-state index in [2.05, 4.69) is 165 Å². The van der Waals surface area contributed by atoms with E-state index >= 15 is 0 Å². The third kappa shape index (κ3) is 13.5. The molecule has 0 bridgehead atoms. The van der Waals surface area contributed by atoms with Crippen LogP contribution in [0.5, 0.6) is 17.2 Å². The maximum Gasteiger partial charge on any atom is 0.344 e. The minimum absolute atomic E-state index is 0.111. The van der Waals surface area contributed by atoms with Crippen LogP contribution in [0.15, 0.2) is 243 Å². The van der Waals surface area contributed by atoms with E-state index in [0.29, 0.717) is 23.2 Å². The maximum absolute atomic E-state index is 13.1. The quantitative estimate of drug-likeness (QED) is 0.0466. The highest BCUT2D eigenvalue weighted by Crippen LogP contribution is 2.54. The van der Waals surface area contributed by atoms with Crippen LogP contribution in [-0.4, -0.2) is 54.5 Å². The van der Waals surface area contributed by atoms with Crippen LogP contribution in [0.2, 0.25) is 0 Å². The Labute approximate surface area is 568 Å². The van der Waals surface area contributed by atoms with Crippen molar-refractivity contribution in [2.75, 3.05) is 19.8 Å². The van der Waals surface area contributed by atoms with E-state index in [4.69, 9.17) is 28.4 Å². The lowest BCUT2D eigenvalue weighted by atomic mass is 9.79. The molecule has 14 heteroatoms. The molecule has 1 aromatic heterocycles. The molecule has 2 aliphatic carbocycles. The standard InChI is InChI=1S/C80H77O9S5/c1-7-80(43-15-16-44-80)89-77(83)51-86-59-29-35-61(36-30-59)93-71-22-14-12-20-65(71)90-66-47-54(25-41-72(66)93)55-26-42-74-68(48-55)91-67-46-53(24-40-73(67)94(74)62-37-31-57(32-38-62)84-49-75(81)87-78(2,3)4)52-23-39-70-64(45-52)63-19-11-13-21-69(63)92(70)60-33-27-58(28-34-60)85-50-76(82)88-79(5,6)56-17-9-8-10-18-56/h11-14,19-42,45-48,56H,7-10,15-18,43-44,49-51H2,1-6H3/q+3. The number of benzene rings is 9. The smallest absolute Gasteiger partial charge is 0.344 e. The van der Waals surface area contributed by atoms with Crippen LogP contribution in [-0.2, 0) is 50.4 Å². The van der Waals surface area contributed by atoms with Gasteiger partial charge in [0.2, 0.25) is 0 Å². The predicted octanol–water partition coefficient (Wildman–Crippen LogP) is 20.8. The Morgan fingerprint density at radius 2 is 0.894 bits per heavy atom. The summed E-state index contributed by atoms with van der Waals surface area (Å²) in [5.41, 5.74) is 3.11. The zero-order chi connectivity index (χ0) is 64.7. The van der Waals surface area contributed by atoms with Crippen LogP contribution < -0.4 is 14.2 Å². The topological polar surface area (TPSA) is 107 Å². The number of ether oxygens (including phenoxy) is 6. The van der Waals surface area contributed by atoms with Crippen molar-refractivity contribution in [1.82, 2.24) is 0 Å². The monoisotopic (exact) mass is 1340 g/mol. The van der Waals surface area contributed by atoms with E-state index in [9.17, 15) is 14.4 Å². The van der Waals surface area contributed by atoms with Crippen LogP contribution in [0.25, 0.3) is 47.3 Å². The van der Waals surface area contributed by atoms with Crippen LogP contribution in [0, 0.1) is 5.92 Å². The molecular formula is C80H77O9S5+3. The fraction of sp³-hybridized carbons (Fsp3) is 0.287. The van der Waals surface area contributed by atoms with Crippen LogP contribution >= 0.6 is 34.0 Å². The summed E-state index contributed by atoms with van der Waals surface area (Å²) in [7, 11) is -1.21. The SMILES string of the molecule is CCC1(OC(=O)COc2ccc([S+]3c4ccccc4Sc4cc(-c5ccc6c(c5)Sc5cc(-c7ccc8c(c7)c7ccccc7[s+]8-c7ccc(OCC(=O)OC(C)(C)C8CCCCC8)cc7)ccc5[S+]6c5ccc(OCC(=O)OC(C)(C)C)cc5)ccc43)cc2)CCCC1. The van der Waals surface area contributed by atoms with Gasteiger partial charge in [0, 0.05) is 33.4 Å². The molecule has 3 heterocycles. The second-order valence-corrected chi connectivity index (χ2v) is 34.3. The molecule has 0 radical (unpaired) electrons. The summed E-state index contributed by atoms with van der Waals surface area (Å²) in [5, 5.41) is 2.47. The molecule has 0 N–H and O–H groups in total. The lowest BCUT2D eigenvalue weighted by molar-refractivity contribution is -0.165. The summed E-state index contributed by atoms with van der Waals surface area (Å²) >= 11 is 3.66. The molecule has 94 heavy (non-hydrogen) atoms. The van der Waals surface area contributed by atoms with Gasteiger partial charge in [0.25, 0.3) is 0 Å². The number of esters is 3. The van der Waals surface area contributed by atoms with Crippen molar-refractivity contribution in [3.8, 4) is 44.4 Å². The lowest BCUT2D eigenvalue weighted by Crippen LogP contribution is -2.39. The second kappa shape index (κ2) is 26.9. The molecule has 14 rings (SSSR count). The first-order valence-corrected chi connectivity index (χ1v) is 38.0. The summed E-state index contributed by atoms with van der Waals surface area (Å²) in [6.45, 7) is 11.3.